The Balaban J connectivity index is 1.52. The third-order valence-corrected chi connectivity index (χ3v) is 6.50. The van der Waals surface area contributed by atoms with Gasteiger partial charge in [0.2, 0.25) is 11.0 Å². The zero-order valence-electron chi connectivity index (χ0n) is 15.1. The van der Waals surface area contributed by atoms with E-state index in [4.69, 9.17) is 0 Å². The Hall–Kier alpha value is -2.03. The predicted molar refractivity (Wildman–Crippen MR) is 117 cm³/mol. The summed E-state index contributed by atoms with van der Waals surface area (Å²) in [7, 11) is 0. The van der Waals surface area contributed by atoms with Gasteiger partial charge in [-0.05, 0) is 42.5 Å². The molecular weight excluding hydrogens is 396 g/mol. The number of hydrogen-bond donors (Lipinski definition) is 2. The molecule has 0 atom stereocenters. The lowest BCUT2D eigenvalue weighted by Gasteiger charge is -2.08. The number of amides is 1. The average Bonchev–Trinajstić information content (AvgIpc) is 3.15. The zero-order chi connectivity index (χ0) is 19.1. The molecule has 1 aromatic heterocycles. The second-order valence-corrected chi connectivity index (χ2v) is 8.63. The van der Waals surface area contributed by atoms with Crippen LogP contribution in [-0.2, 0) is 11.2 Å². The summed E-state index contributed by atoms with van der Waals surface area (Å²) >= 11 is 4.43. The van der Waals surface area contributed by atoms with Crippen LogP contribution in [-0.4, -0.2) is 28.1 Å². The number of nitrogens with zero attached hydrogens (tertiary/aromatic N) is 2. The van der Waals surface area contributed by atoms with Crippen molar-refractivity contribution in [3.05, 3.63) is 54.1 Å². The maximum Gasteiger partial charge on any atom is 0.234 e. The van der Waals surface area contributed by atoms with Crippen LogP contribution in [0.25, 0.3) is 0 Å². The summed E-state index contributed by atoms with van der Waals surface area (Å²) in [5.41, 5.74) is 3.11. The van der Waals surface area contributed by atoms with Crippen LogP contribution in [0.15, 0.2) is 57.8 Å². The topological polar surface area (TPSA) is 66.9 Å². The Morgan fingerprint density at radius 1 is 1.11 bits per heavy atom. The van der Waals surface area contributed by atoms with E-state index in [1.54, 1.807) is 11.8 Å². The Morgan fingerprint density at radius 2 is 1.89 bits per heavy atom. The number of carbonyl (C=O) groups is 1. The molecule has 2 N–H and O–H groups in total. The second kappa shape index (κ2) is 9.77. The maximum absolute atomic E-state index is 12.2. The highest BCUT2D eigenvalue weighted by atomic mass is 32.2. The first-order valence-corrected chi connectivity index (χ1v) is 11.5. The summed E-state index contributed by atoms with van der Waals surface area (Å²) in [6.45, 7) is 2.13. The molecule has 0 saturated carbocycles. The number of thioether (sulfide) groups is 2. The quantitative estimate of drug-likeness (QED) is 0.486. The van der Waals surface area contributed by atoms with Gasteiger partial charge in [0, 0.05) is 10.6 Å². The number of para-hydroxylation sites is 1. The van der Waals surface area contributed by atoms with Gasteiger partial charge in [-0.25, -0.2) is 0 Å². The van der Waals surface area contributed by atoms with Crippen LogP contribution in [0.1, 0.15) is 12.5 Å². The lowest BCUT2D eigenvalue weighted by atomic mass is 10.1. The summed E-state index contributed by atoms with van der Waals surface area (Å²) in [6.07, 6.45) is 3.01. The highest BCUT2D eigenvalue weighted by molar-refractivity contribution is 8.01. The molecule has 0 aliphatic carbocycles. The summed E-state index contributed by atoms with van der Waals surface area (Å²) in [4.78, 5) is 13.3. The molecule has 3 aromatic rings. The van der Waals surface area contributed by atoms with Crippen LogP contribution in [0.3, 0.4) is 0 Å². The van der Waals surface area contributed by atoms with Gasteiger partial charge in [0.25, 0.3) is 0 Å². The first-order valence-electron chi connectivity index (χ1n) is 8.43. The Labute approximate surface area is 171 Å². The van der Waals surface area contributed by atoms with Crippen LogP contribution in [0.4, 0.5) is 16.5 Å². The largest absolute Gasteiger partial charge is 0.330 e. The van der Waals surface area contributed by atoms with Crippen LogP contribution in [0.5, 0.6) is 0 Å². The molecule has 140 valence electrons. The van der Waals surface area contributed by atoms with Crippen LogP contribution in [0.2, 0.25) is 0 Å². The molecule has 5 nitrogen and oxygen atoms in total. The van der Waals surface area contributed by atoms with E-state index in [2.05, 4.69) is 39.9 Å². The van der Waals surface area contributed by atoms with Crippen molar-refractivity contribution in [2.75, 3.05) is 22.6 Å². The monoisotopic (exact) mass is 416 g/mol. The average molecular weight is 417 g/mol. The fourth-order valence-corrected chi connectivity index (χ4v) is 4.45. The van der Waals surface area contributed by atoms with Crippen molar-refractivity contribution in [2.24, 2.45) is 0 Å². The maximum atomic E-state index is 12.2. The molecule has 2 aromatic carbocycles. The molecule has 0 aliphatic rings. The number of benzene rings is 2. The second-order valence-electron chi connectivity index (χ2n) is 5.59. The molecule has 0 unspecified atom stereocenters. The molecule has 1 heterocycles. The van der Waals surface area contributed by atoms with Crippen LogP contribution in [0, 0.1) is 0 Å². The normalized spacial score (nSPS) is 10.6. The number of rotatable bonds is 8. The predicted octanol–water partition coefficient (Wildman–Crippen LogP) is 5.30. The first-order chi connectivity index (χ1) is 13.2. The lowest BCUT2D eigenvalue weighted by Crippen LogP contribution is -2.14. The van der Waals surface area contributed by atoms with Gasteiger partial charge in [0.1, 0.15) is 0 Å². The number of aryl methyl sites for hydroxylation is 1. The van der Waals surface area contributed by atoms with Gasteiger partial charge in [-0.2, -0.15) is 0 Å². The van der Waals surface area contributed by atoms with Gasteiger partial charge >= 0.3 is 0 Å². The van der Waals surface area contributed by atoms with E-state index < -0.39 is 0 Å². The molecule has 0 aliphatic heterocycles. The van der Waals surface area contributed by atoms with Crippen LogP contribution >= 0.6 is 34.9 Å². The van der Waals surface area contributed by atoms with Crippen molar-refractivity contribution in [1.82, 2.24) is 10.2 Å². The van der Waals surface area contributed by atoms with E-state index in [9.17, 15) is 4.79 Å². The summed E-state index contributed by atoms with van der Waals surface area (Å²) in [5, 5.41) is 15.2. The summed E-state index contributed by atoms with van der Waals surface area (Å²) < 4.78 is 0.760. The molecule has 27 heavy (non-hydrogen) atoms. The van der Waals surface area contributed by atoms with Crippen molar-refractivity contribution >= 4 is 57.3 Å². The fraction of sp³-hybridized carbons (Fsp3) is 0.211. The number of hydrogen-bond acceptors (Lipinski definition) is 7. The van der Waals surface area contributed by atoms with E-state index in [-0.39, 0.29) is 5.91 Å². The zero-order valence-corrected chi connectivity index (χ0v) is 17.5. The van der Waals surface area contributed by atoms with Gasteiger partial charge in [-0.15, -0.1) is 22.0 Å². The van der Waals surface area contributed by atoms with Gasteiger partial charge in [0.05, 0.1) is 11.4 Å². The molecule has 0 bridgehead atoms. The third-order valence-electron chi connectivity index (χ3n) is 3.73. The highest BCUT2D eigenvalue weighted by Gasteiger charge is 2.10. The lowest BCUT2D eigenvalue weighted by molar-refractivity contribution is -0.113. The third kappa shape index (κ3) is 5.72. The fourth-order valence-electron chi connectivity index (χ4n) is 2.33. The minimum Gasteiger partial charge on any atom is -0.330 e. The van der Waals surface area contributed by atoms with E-state index >= 15 is 0 Å². The van der Waals surface area contributed by atoms with E-state index in [0.29, 0.717) is 5.75 Å². The molecule has 0 spiro atoms. The SMILES string of the molecule is CCc1ccc(Nc2nnc(SCC(=O)Nc3ccccc3SC)s2)cc1. The van der Waals surface area contributed by atoms with E-state index in [0.717, 1.165) is 32.2 Å². The van der Waals surface area contributed by atoms with Gasteiger partial charge in [-0.3, -0.25) is 4.79 Å². The van der Waals surface area contributed by atoms with Gasteiger partial charge in [0.15, 0.2) is 4.34 Å². The number of anilines is 3. The Morgan fingerprint density at radius 3 is 2.63 bits per heavy atom. The van der Waals surface area contributed by atoms with Crippen molar-refractivity contribution in [3.8, 4) is 0 Å². The van der Waals surface area contributed by atoms with Crippen molar-refractivity contribution in [1.29, 1.82) is 0 Å². The van der Waals surface area contributed by atoms with Crippen LogP contribution < -0.4 is 10.6 Å². The Bertz CT molecular complexity index is 896. The Kier molecular flexibility index (Phi) is 7.14. The number of aromatic nitrogens is 2. The first kappa shape index (κ1) is 19.7. The minimum atomic E-state index is -0.0543. The van der Waals surface area contributed by atoms with Gasteiger partial charge in [-0.1, -0.05) is 54.3 Å². The molecule has 0 saturated heterocycles. The standard InChI is InChI=1S/C19H20N4OS3/c1-3-13-8-10-14(11-9-13)20-18-22-23-19(27-18)26-12-17(24)21-15-6-4-5-7-16(15)25-2/h4-11H,3,12H2,1-2H3,(H,20,22)(H,21,24). The number of carbonyl (C=O) groups excluding carboxylic acids is 1. The molecule has 8 heteroatoms. The van der Waals surface area contributed by atoms with E-state index in [1.165, 1.54) is 28.7 Å². The highest BCUT2D eigenvalue weighted by Crippen LogP contribution is 2.29. The minimum absolute atomic E-state index is 0.0543. The van der Waals surface area contributed by atoms with Crippen molar-refractivity contribution < 1.29 is 4.79 Å². The summed E-state index contributed by atoms with van der Waals surface area (Å²) in [6, 6.07) is 16.0. The van der Waals surface area contributed by atoms with Gasteiger partial charge < -0.3 is 10.6 Å². The molecule has 1 amide bonds. The molecule has 3 rings (SSSR count). The van der Waals surface area contributed by atoms with Crippen molar-refractivity contribution in [2.45, 2.75) is 22.6 Å². The molecule has 0 fully saturated rings. The smallest absolute Gasteiger partial charge is 0.234 e. The number of nitrogens with one attached hydrogen (secondary N) is 2. The van der Waals surface area contributed by atoms with Crippen molar-refractivity contribution in [3.63, 3.8) is 0 Å². The molecular formula is C19H20N4OS3. The summed E-state index contributed by atoms with van der Waals surface area (Å²) in [5.74, 6) is 0.240. The molecule has 0 radical (unpaired) electrons. The van der Waals surface area contributed by atoms with E-state index in [1.807, 2.05) is 42.7 Å².